The number of urea groups is 1. The topological polar surface area (TPSA) is 99.8 Å². The molecule has 1 aromatic rings. The molecule has 8 nitrogen and oxygen atoms in total. The van der Waals surface area contributed by atoms with Gasteiger partial charge in [0.25, 0.3) is 11.8 Å². The minimum absolute atomic E-state index is 0.0132. The molecule has 0 aliphatic carbocycles. The molecule has 4 rings (SSSR count). The van der Waals surface area contributed by atoms with Crippen molar-refractivity contribution in [1.82, 2.24) is 20.9 Å². The van der Waals surface area contributed by atoms with Gasteiger partial charge in [-0.1, -0.05) is 0 Å². The maximum Gasteiger partial charge on any atom is 0.322 e. The number of fused-ring (bicyclic) bond motifs is 1. The zero-order valence-corrected chi connectivity index (χ0v) is 15.3. The minimum atomic E-state index is -1.07. The standard InChI is InChI=1S/C19H24N4O4/c1-2-27-14-3-4-15-12(9-14)10-23(16(15)24)11-19(13-5-7-20-8-6-13)17(25)21-18(26)22-19/h3-4,9,13,20H,2,5-8,10-11H2,1H3,(H2,21,22,25,26). The van der Waals surface area contributed by atoms with Crippen LogP contribution in [0.4, 0.5) is 4.79 Å². The monoisotopic (exact) mass is 372 g/mol. The Labute approximate surface area is 157 Å². The predicted molar refractivity (Wildman–Crippen MR) is 97.4 cm³/mol. The van der Waals surface area contributed by atoms with Gasteiger partial charge in [-0.25, -0.2) is 4.79 Å². The molecule has 27 heavy (non-hydrogen) atoms. The van der Waals surface area contributed by atoms with E-state index in [0.717, 1.165) is 37.2 Å². The third-order valence-electron chi connectivity index (χ3n) is 5.71. The Kier molecular flexibility index (Phi) is 4.51. The van der Waals surface area contributed by atoms with Gasteiger partial charge in [0.1, 0.15) is 11.3 Å². The second-order valence-corrected chi connectivity index (χ2v) is 7.32. The quantitative estimate of drug-likeness (QED) is 0.658. The average Bonchev–Trinajstić information content (AvgIpc) is 3.12. The Bertz CT molecular complexity index is 790. The lowest BCUT2D eigenvalue weighted by atomic mass is 9.77. The molecule has 3 aliphatic heterocycles. The number of hydrogen-bond donors (Lipinski definition) is 3. The molecule has 3 N–H and O–H groups in total. The Morgan fingerprint density at radius 2 is 2.00 bits per heavy atom. The van der Waals surface area contributed by atoms with Gasteiger partial charge in [0.05, 0.1) is 13.2 Å². The number of benzene rings is 1. The molecule has 1 atom stereocenters. The fraction of sp³-hybridized carbons (Fsp3) is 0.526. The van der Waals surface area contributed by atoms with E-state index in [0.29, 0.717) is 18.7 Å². The fourth-order valence-electron chi connectivity index (χ4n) is 4.39. The Hall–Kier alpha value is -2.61. The molecule has 1 aromatic carbocycles. The molecular weight excluding hydrogens is 348 g/mol. The van der Waals surface area contributed by atoms with E-state index in [1.165, 1.54) is 0 Å². The summed E-state index contributed by atoms with van der Waals surface area (Å²) in [6.45, 7) is 4.64. The third-order valence-corrected chi connectivity index (χ3v) is 5.71. The van der Waals surface area contributed by atoms with Gasteiger partial charge in [0.15, 0.2) is 0 Å². The molecule has 0 radical (unpaired) electrons. The van der Waals surface area contributed by atoms with Crippen LogP contribution in [0, 0.1) is 5.92 Å². The normalized spacial score (nSPS) is 25.4. The van der Waals surface area contributed by atoms with Gasteiger partial charge >= 0.3 is 6.03 Å². The second kappa shape index (κ2) is 6.84. The number of amides is 4. The summed E-state index contributed by atoms with van der Waals surface area (Å²) in [4.78, 5) is 39.2. The van der Waals surface area contributed by atoms with Crippen molar-refractivity contribution in [2.45, 2.75) is 31.8 Å². The number of hydrogen-bond acceptors (Lipinski definition) is 5. The van der Waals surface area contributed by atoms with Crippen LogP contribution in [-0.4, -0.2) is 54.5 Å². The molecule has 4 amide bonds. The van der Waals surface area contributed by atoms with Crippen LogP contribution in [0.15, 0.2) is 18.2 Å². The molecule has 3 heterocycles. The smallest absolute Gasteiger partial charge is 0.322 e. The Morgan fingerprint density at radius 1 is 1.22 bits per heavy atom. The SMILES string of the molecule is CCOc1ccc2c(c1)CN(CC1(C3CCNCC3)NC(=O)NC1=O)C2=O. The molecule has 0 aromatic heterocycles. The highest BCUT2D eigenvalue weighted by Crippen LogP contribution is 2.34. The summed E-state index contributed by atoms with van der Waals surface area (Å²) >= 11 is 0. The van der Waals surface area contributed by atoms with Gasteiger partial charge in [0, 0.05) is 12.1 Å². The number of imide groups is 1. The molecule has 0 saturated carbocycles. The van der Waals surface area contributed by atoms with Crippen LogP contribution in [0.1, 0.15) is 35.7 Å². The van der Waals surface area contributed by atoms with Crippen molar-refractivity contribution in [3.8, 4) is 5.75 Å². The minimum Gasteiger partial charge on any atom is -0.494 e. The first-order chi connectivity index (χ1) is 13.0. The van der Waals surface area contributed by atoms with Crippen molar-refractivity contribution in [1.29, 1.82) is 0 Å². The number of piperidine rings is 1. The van der Waals surface area contributed by atoms with Gasteiger partial charge in [-0.05, 0) is 62.5 Å². The van der Waals surface area contributed by atoms with Crippen LogP contribution in [0.5, 0.6) is 5.75 Å². The number of ether oxygens (including phenoxy) is 1. The lowest BCUT2D eigenvalue weighted by molar-refractivity contribution is -0.127. The van der Waals surface area contributed by atoms with E-state index in [1.807, 2.05) is 13.0 Å². The van der Waals surface area contributed by atoms with Crippen molar-refractivity contribution in [3.63, 3.8) is 0 Å². The Morgan fingerprint density at radius 3 is 2.67 bits per heavy atom. The van der Waals surface area contributed by atoms with E-state index >= 15 is 0 Å². The number of rotatable bonds is 5. The third kappa shape index (κ3) is 3.03. The van der Waals surface area contributed by atoms with Gasteiger partial charge in [-0.2, -0.15) is 0 Å². The number of nitrogens with zero attached hydrogens (tertiary/aromatic N) is 1. The molecule has 3 aliphatic rings. The lowest BCUT2D eigenvalue weighted by Crippen LogP contribution is -2.61. The van der Waals surface area contributed by atoms with E-state index in [4.69, 9.17) is 4.74 Å². The predicted octanol–water partition coefficient (Wildman–Crippen LogP) is 0.619. The molecule has 1 unspecified atom stereocenters. The highest BCUT2D eigenvalue weighted by molar-refractivity contribution is 6.08. The summed E-state index contributed by atoms with van der Waals surface area (Å²) in [7, 11) is 0. The maximum absolute atomic E-state index is 12.9. The molecule has 0 bridgehead atoms. The summed E-state index contributed by atoms with van der Waals surface area (Å²) in [5.41, 5.74) is 0.444. The molecule has 2 fully saturated rings. The van der Waals surface area contributed by atoms with Crippen molar-refractivity contribution in [2.75, 3.05) is 26.2 Å². The lowest BCUT2D eigenvalue weighted by Gasteiger charge is -2.39. The first kappa shape index (κ1) is 17.8. The van der Waals surface area contributed by atoms with Crippen LogP contribution in [0.3, 0.4) is 0 Å². The summed E-state index contributed by atoms with van der Waals surface area (Å²) in [6.07, 6.45) is 1.55. The van der Waals surface area contributed by atoms with Gasteiger partial charge < -0.3 is 20.3 Å². The Balaban J connectivity index is 1.59. The van der Waals surface area contributed by atoms with Crippen molar-refractivity contribution >= 4 is 17.8 Å². The zero-order valence-electron chi connectivity index (χ0n) is 15.3. The highest BCUT2D eigenvalue weighted by Gasteiger charge is 2.53. The van der Waals surface area contributed by atoms with Gasteiger partial charge in [-0.15, -0.1) is 0 Å². The van der Waals surface area contributed by atoms with Gasteiger partial charge in [0.2, 0.25) is 0 Å². The van der Waals surface area contributed by atoms with Crippen LogP contribution >= 0.6 is 0 Å². The number of carbonyl (C=O) groups is 3. The van der Waals surface area contributed by atoms with Crippen molar-refractivity contribution in [2.24, 2.45) is 5.92 Å². The molecule has 8 heteroatoms. The summed E-state index contributed by atoms with van der Waals surface area (Å²) in [5, 5.41) is 8.50. The zero-order chi connectivity index (χ0) is 19.0. The van der Waals surface area contributed by atoms with Crippen LogP contribution < -0.4 is 20.7 Å². The summed E-state index contributed by atoms with van der Waals surface area (Å²) in [5.74, 6) is 0.264. The largest absolute Gasteiger partial charge is 0.494 e. The first-order valence-electron chi connectivity index (χ1n) is 9.43. The molecule has 0 spiro atoms. The second-order valence-electron chi connectivity index (χ2n) is 7.32. The van der Waals surface area contributed by atoms with E-state index in [2.05, 4.69) is 16.0 Å². The van der Waals surface area contributed by atoms with E-state index in [1.54, 1.807) is 17.0 Å². The van der Waals surface area contributed by atoms with E-state index in [-0.39, 0.29) is 24.3 Å². The average molecular weight is 372 g/mol. The fourth-order valence-corrected chi connectivity index (χ4v) is 4.39. The summed E-state index contributed by atoms with van der Waals surface area (Å²) in [6, 6.07) is 4.95. The van der Waals surface area contributed by atoms with Crippen LogP contribution in [0.2, 0.25) is 0 Å². The van der Waals surface area contributed by atoms with Crippen LogP contribution in [-0.2, 0) is 11.3 Å². The molecule has 144 valence electrons. The summed E-state index contributed by atoms with van der Waals surface area (Å²) < 4.78 is 5.52. The molecule has 2 saturated heterocycles. The number of carbonyl (C=O) groups excluding carboxylic acids is 3. The van der Waals surface area contributed by atoms with Crippen molar-refractivity contribution in [3.05, 3.63) is 29.3 Å². The van der Waals surface area contributed by atoms with E-state index in [9.17, 15) is 14.4 Å². The van der Waals surface area contributed by atoms with Gasteiger partial charge in [-0.3, -0.25) is 14.9 Å². The first-order valence-corrected chi connectivity index (χ1v) is 9.43. The van der Waals surface area contributed by atoms with Crippen molar-refractivity contribution < 1.29 is 19.1 Å². The molecular formula is C19H24N4O4. The maximum atomic E-state index is 12.9. The van der Waals surface area contributed by atoms with Crippen LogP contribution in [0.25, 0.3) is 0 Å². The highest BCUT2D eigenvalue weighted by atomic mass is 16.5. The van der Waals surface area contributed by atoms with E-state index < -0.39 is 11.6 Å². The number of nitrogens with one attached hydrogen (secondary N) is 3.